The maximum Gasteiger partial charge on any atom is 0.240 e. The van der Waals surface area contributed by atoms with Crippen molar-refractivity contribution < 1.29 is 13.2 Å². The third kappa shape index (κ3) is 4.00. The number of nitrogens with one attached hydrogen (secondary N) is 1. The predicted octanol–water partition coefficient (Wildman–Crippen LogP) is 4.14. The van der Waals surface area contributed by atoms with Crippen LogP contribution in [0.25, 0.3) is 0 Å². The van der Waals surface area contributed by atoms with E-state index in [4.69, 9.17) is 16.3 Å². The lowest BCUT2D eigenvalue weighted by atomic mass is 9.79. The molecule has 0 bridgehead atoms. The maximum atomic E-state index is 12.6. The largest absolute Gasteiger partial charge is 0.497 e. The first kappa shape index (κ1) is 18.2. The number of sulfonamides is 1. The second-order valence-electron chi connectivity index (χ2n) is 6.50. The van der Waals surface area contributed by atoms with E-state index in [-0.39, 0.29) is 10.3 Å². The summed E-state index contributed by atoms with van der Waals surface area (Å²) in [7, 11) is -1.95. The zero-order valence-corrected chi connectivity index (χ0v) is 15.7. The van der Waals surface area contributed by atoms with Gasteiger partial charge in [0.25, 0.3) is 0 Å². The topological polar surface area (TPSA) is 55.4 Å². The van der Waals surface area contributed by atoms with E-state index in [2.05, 4.69) is 4.72 Å². The molecule has 0 radical (unpaired) electrons. The minimum atomic E-state index is -3.59. The van der Waals surface area contributed by atoms with Crippen LogP contribution in [-0.4, -0.2) is 22.1 Å². The molecule has 3 rings (SSSR count). The Labute approximate surface area is 154 Å². The fourth-order valence-electron chi connectivity index (χ4n) is 3.51. The minimum absolute atomic E-state index is 0.169. The van der Waals surface area contributed by atoms with Crippen molar-refractivity contribution in [3.63, 3.8) is 0 Å². The van der Waals surface area contributed by atoms with Crippen LogP contribution in [0.15, 0.2) is 53.4 Å². The second-order valence-corrected chi connectivity index (χ2v) is 8.70. The summed E-state index contributed by atoms with van der Waals surface area (Å²) >= 11 is 5.93. The molecule has 134 valence electrons. The summed E-state index contributed by atoms with van der Waals surface area (Å²) in [5.74, 6) is 0.802. The van der Waals surface area contributed by atoms with Crippen molar-refractivity contribution in [2.75, 3.05) is 13.7 Å². The van der Waals surface area contributed by atoms with E-state index in [1.54, 1.807) is 25.3 Å². The molecule has 1 saturated carbocycles. The molecule has 1 fully saturated rings. The molecule has 1 N–H and O–H groups in total. The van der Waals surface area contributed by atoms with E-state index in [1.165, 1.54) is 6.07 Å². The second kappa shape index (κ2) is 7.36. The summed E-state index contributed by atoms with van der Waals surface area (Å²) < 4.78 is 33.3. The van der Waals surface area contributed by atoms with Gasteiger partial charge in [0.05, 0.1) is 12.0 Å². The smallest absolute Gasteiger partial charge is 0.240 e. The highest BCUT2D eigenvalue weighted by Gasteiger charge is 2.36. The number of benzene rings is 2. The molecule has 25 heavy (non-hydrogen) atoms. The highest BCUT2D eigenvalue weighted by molar-refractivity contribution is 7.89. The summed E-state index contributed by atoms with van der Waals surface area (Å²) in [4.78, 5) is 0.197. The van der Waals surface area contributed by atoms with Crippen LogP contribution in [0.1, 0.15) is 31.2 Å². The molecule has 6 heteroatoms. The van der Waals surface area contributed by atoms with Crippen LogP contribution in [0.4, 0.5) is 0 Å². The third-order valence-electron chi connectivity index (χ3n) is 4.97. The highest BCUT2D eigenvalue weighted by Crippen LogP contribution is 2.41. The Bertz CT molecular complexity index is 828. The van der Waals surface area contributed by atoms with E-state index in [0.717, 1.165) is 37.0 Å². The minimum Gasteiger partial charge on any atom is -0.497 e. The SMILES string of the molecule is COc1ccc(C2(CNS(=O)(=O)c3cccc(Cl)c3)CCCC2)cc1. The number of hydrogen-bond donors (Lipinski definition) is 1. The van der Waals surface area contributed by atoms with Crippen molar-refractivity contribution in [1.29, 1.82) is 0 Å². The molecule has 4 nitrogen and oxygen atoms in total. The van der Waals surface area contributed by atoms with E-state index in [0.29, 0.717) is 11.6 Å². The van der Waals surface area contributed by atoms with Crippen molar-refractivity contribution in [1.82, 2.24) is 4.72 Å². The first-order chi connectivity index (χ1) is 12.0. The molecule has 1 aliphatic carbocycles. The highest BCUT2D eigenvalue weighted by atomic mass is 35.5. The molecule has 0 aliphatic heterocycles. The van der Waals surface area contributed by atoms with Crippen LogP contribution < -0.4 is 9.46 Å². The van der Waals surface area contributed by atoms with Gasteiger partial charge in [-0.2, -0.15) is 0 Å². The van der Waals surface area contributed by atoms with Crippen molar-refractivity contribution in [3.8, 4) is 5.75 Å². The van der Waals surface area contributed by atoms with Crippen LogP contribution in [0, 0.1) is 0 Å². The maximum absolute atomic E-state index is 12.6. The lowest BCUT2D eigenvalue weighted by molar-refractivity contribution is 0.410. The van der Waals surface area contributed by atoms with Gasteiger partial charge < -0.3 is 4.74 Å². The van der Waals surface area contributed by atoms with Gasteiger partial charge in [-0.05, 0) is 48.7 Å². The van der Waals surface area contributed by atoms with Crippen LogP contribution >= 0.6 is 11.6 Å². The standard InChI is InChI=1S/C19H22ClNO3S/c1-24-17-9-7-15(8-10-17)19(11-2-3-12-19)14-21-25(22,23)18-6-4-5-16(20)13-18/h4-10,13,21H,2-3,11-12,14H2,1H3. The van der Waals surface area contributed by atoms with Crippen molar-refractivity contribution in [2.45, 2.75) is 36.0 Å². The Balaban J connectivity index is 1.82. The Morgan fingerprint density at radius 1 is 1.12 bits per heavy atom. The fraction of sp³-hybridized carbons (Fsp3) is 0.368. The number of hydrogen-bond acceptors (Lipinski definition) is 3. The van der Waals surface area contributed by atoms with Gasteiger partial charge in [0, 0.05) is 17.0 Å². The summed E-state index contributed by atoms with van der Waals surface area (Å²) in [6, 6.07) is 14.3. The van der Waals surface area contributed by atoms with Crippen LogP contribution in [0.3, 0.4) is 0 Å². The number of ether oxygens (including phenoxy) is 1. The van der Waals surface area contributed by atoms with Crippen molar-refractivity contribution >= 4 is 21.6 Å². The Morgan fingerprint density at radius 2 is 1.80 bits per heavy atom. The first-order valence-corrected chi connectivity index (χ1v) is 10.2. The predicted molar refractivity (Wildman–Crippen MR) is 99.8 cm³/mol. The summed E-state index contributed by atoms with van der Waals surface area (Å²) in [6.07, 6.45) is 4.14. The van der Waals surface area contributed by atoms with E-state index >= 15 is 0 Å². The Hall–Kier alpha value is -1.56. The summed E-state index contributed by atoms with van der Waals surface area (Å²) in [5.41, 5.74) is 0.984. The van der Waals surface area contributed by atoms with Gasteiger partial charge in [-0.3, -0.25) is 0 Å². The molecule has 0 atom stereocenters. The lowest BCUT2D eigenvalue weighted by Gasteiger charge is -2.30. The van der Waals surface area contributed by atoms with Crippen LogP contribution in [-0.2, 0) is 15.4 Å². The molecular formula is C19H22ClNO3S. The fourth-order valence-corrected chi connectivity index (χ4v) is 4.94. The van der Waals surface area contributed by atoms with Gasteiger partial charge in [0.15, 0.2) is 0 Å². The first-order valence-electron chi connectivity index (χ1n) is 8.35. The normalized spacial score (nSPS) is 16.7. The molecule has 2 aromatic carbocycles. The number of halogens is 1. The van der Waals surface area contributed by atoms with Gasteiger partial charge >= 0.3 is 0 Å². The average Bonchev–Trinajstić information content (AvgIpc) is 3.10. The number of rotatable bonds is 6. The summed E-state index contributed by atoms with van der Waals surface area (Å²) in [5, 5.41) is 0.411. The molecule has 0 aromatic heterocycles. The van der Waals surface area contributed by atoms with Crippen molar-refractivity contribution in [2.24, 2.45) is 0 Å². The quantitative estimate of drug-likeness (QED) is 0.820. The number of methoxy groups -OCH3 is 1. The lowest BCUT2D eigenvalue weighted by Crippen LogP contribution is -2.39. The third-order valence-corrected chi connectivity index (χ3v) is 6.60. The Morgan fingerprint density at radius 3 is 2.40 bits per heavy atom. The molecule has 0 saturated heterocycles. The molecule has 0 unspecified atom stereocenters. The molecule has 0 spiro atoms. The molecule has 2 aromatic rings. The van der Waals surface area contributed by atoms with E-state index in [9.17, 15) is 8.42 Å². The van der Waals surface area contributed by atoms with Gasteiger partial charge in [0.1, 0.15) is 5.75 Å². The molecule has 0 amide bonds. The molecule has 0 heterocycles. The molecule has 1 aliphatic rings. The zero-order chi connectivity index (χ0) is 17.9. The van der Waals surface area contributed by atoms with Crippen LogP contribution in [0.2, 0.25) is 5.02 Å². The van der Waals surface area contributed by atoms with E-state index in [1.807, 2.05) is 24.3 Å². The van der Waals surface area contributed by atoms with Crippen molar-refractivity contribution in [3.05, 3.63) is 59.1 Å². The molecular weight excluding hydrogens is 358 g/mol. The zero-order valence-electron chi connectivity index (χ0n) is 14.2. The monoisotopic (exact) mass is 379 g/mol. The van der Waals surface area contributed by atoms with E-state index < -0.39 is 10.0 Å². The van der Waals surface area contributed by atoms with Gasteiger partial charge in [-0.15, -0.1) is 0 Å². The van der Waals surface area contributed by atoms with Gasteiger partial charge in [-0.1, -0.05) is 42.6 Å². The average molecular weight is 380 g/mol. The summed E-state index contributed by atoms with van der Waals surface area (Å²) in [6.45, 7) is 0.383. The van der Waals surface area contributed by atoms with Gasteiger partial charge in [0.2, 0.25) is 10.0 Å². The Kier molecular flexibility index (Phi) is 5.37. The van der Waals surface area contributed by atoms with Crippen LogP contribution in [0.5, 0.6) is 5.75 Å². The van der Waals surface area contributed by atoms with Gasteiger partial charge in [-0.25, -0.2) is 13.1 Å².